The van der Waals surface area contributed by atoms with Crippen LogP contribution in [0.15, 0.2) is 24.3 Å². The zero-order valence-electron chi connectivity index (χ0n) is 10.7. The standard InChI is InChI=1S/C13H15N3O4/c14-9-10-1-3-11(4-2-10)15-12(19)13(20)16(5-7-17)6-8-18/h1-4,17-18H,5-8H2,(H,15,19). The van der Waals surface area contributed by atoms with Gasteiger partial charge in [-0.3, -0.25) is 9.59 Å². The highest BCUT2D eigenvalue weighted by atomic mass is 16.3. The van der Waals surface area contributed by atoms with Gasteiger partial charge in [0.25, 0.3) is 0 Å². The molecular formula is C13H15N3O4. The molecule has 0 saturated carbocycles. The van der Waals surface area contributed by atoms with Crippen molar-refractivity contribution in [2.24, 2.45) is 0 Å². The molecule has 0 atom stereocenters. The lowest BCUT2D eigenvalue weighted by atomic mass is 10.2. The minimum atomic E-state index is -0.864. The highest BCUT2D eigenvalue weighted by molar-refractivity contribution is 6.39. The first-order valence-electron chi connectivity index (χ1n) is 5.94. The van der Waals surface area contributed by atoms with Crippen LogP contribution < -0.4 is 5.32 Å². The molecule has 1 aromatic rings. The molecule has 3 N–H and O–H groups in total. The van der Waals surface area contributed by atoms with Crippen LogP contribution in [0.25, 0.3) is 0 Å². The van der Waals surface area contributed by atoms with Crippen molar-refractivity contribution >= 4 is 17.5 Å². The number of hydrogen-bond donors (Lipinski definition) is 3. The van der Waals surface area contributed by atoms with Crippen LogP contribution in [0.4, 0.5) is 5.69 Å². The maximum atomic E-state index is 11.8. The predicted molar refractivity (Wildman–Crippen MR) is 70.5 cm³/mol. The van der Waals surface area contributed by atoms with Gasteiger partial charge in [-0.05, 0) is 24.3 Å². The van der Waals surface area contributed by atoms with Crippen molar-refractivity contribution in [3.8, 4) is 6.07 Å². The van der Waals surface area contributed by atoms with Gasteiger partial charge in [-0.25, -0.2) is 0 Å². The number of nitrogens with zero attached hydrogens (tertiary/aromatic N) is 2. The molecule has 7 nitrogen and oxygen atoms in total. The van der Waals surface area contributed by atoms with E-state index in [2.05, 4.69) is 5.32 Å². The number of benzene rings is 1. The number of nitrogens with one attached hydrogen (secondary N) is 1. The summed E-state index contributed by atoms with van der Waals surface area (Å²) < 4.78 is 0. The summed E-state index contributed by atoms with van der Waals surface area (Å²) in [6.07, 6.45) is 0. The lowest BCUT2D eigenvalue weighted by Gasteiger charge is -2.19. The van der Waals surface area contributed by atoms with Crippen LogP contribution in [0.3, 0.4) is 0 Å². The summed E-state index contributed by atoms with van der Waals surface area (Å²) in [5, 5.41) is 28.6. The molecule has 7 heteroatoms. The number of nitriles is 1. The minimum absolute atomic E-state index is 0.0276. The molecule has 0 aromatic heterocycles. The van der Waals surface area contributed by atoms with E-state index in [0.717, 1.165) is 4.90 Å². The second-order valence-electron chi connectivity index (χ2n) is 3.88. The minimum Gasteiger partial charge on any atom is -0.395 e. The summed E-state index contributed by atoms with van der Waals surface area (Å²) in [5.41, 5.74) is 0.826. The molecule has 106 valence electrons. The Kier molecular flexibility index (Phi) is 6.16. The molecule has 2 amide bonds. The van der Waals surface area contributed by atoms with Gasteiger partial charge in [-0.15, -0.1) is 0 Å². The van der Waals surface area contributed by atoms with E-state index < -0.39 is 11.8 Å². The molecule has 0 unspecified atom stereocenters. The van der Waals surface area contributed by atoms with Gasteiger partial charge >= 0.3 is 11.8 Å². The highest BCUT2D eigenvalue weighted by Gasteiger charge is 2.21. The largest absolute Gasteiger partial charge is 0.395 e. The van der Waals surface area contributed by atoms with Crippen molar-refractivity contribution in [3.05, 3.63) is 29.8 Å². The van der Waals surface area contributed by atoms with Gasteiger partial charge in [0.05, 0.1) is 24.8 Å². The SMILES string of the molecule is N#Cc1ccc(NC(=O)C(=O)N(CCO)CCO)cc1. The molecule has 0 aliphatic heterocycles. The number of rotatable bonds is 5. The third-order valence-electron chi connectivity index (χ3n) is 2.49. The van der Waals surface area contributed by atoms with Crippen LogP contribution >= 0.6 is 0 Å². The normalized spacial score (nSPS) is 9.65. The smallest absolute Gasteiger partial charge is 0.313 e. The number of anilines is 1. The van der Waals surface area contributed by atoms with Crippen molar-refractivity contribution < 1.29 is 19.8 Å². The molecule has 0 spiro atoms. The summed E-state index contributed by atoms with van der Waals surface area (Å²) in [6, 6.07) is 7.98. The predicted octanol–water partition coefficient (Wildman–Crippen LogP) is -0.690. The molecule has 1 rings (SSSR count). The third-order valence-corrected chi connectivity index (χ3v) is 2.49. The van der Waals surface area contributed by atoms with Crippen molar-refractivity contribution in [3.63, 3.8) is 0 Å². The first-order valence-corrected chi connectivity index (χ1v) is 5.94. The van der Waals surface area contributed by atoms with E-state index >= 15 is 0 Å². The highest BCUT2D eigenvalue weighted by Crippen LogP contribution is 2.09. The van der Waals surface area contributed by atoms with Crippen LogP contribution in [0.1, 0.15) is 5.56 Å². The number of carbonyl (C=O) groups is 2. The van der Waals surface area contributed by atoms with Gasteiger partial charge in [0.15, 0.2) is 0 Å². The van der Waals surface area contributed by atoms with Gasteiger partial charge < -0.3 is 20.4 Å². The van der Waals surface area contributed by atoms with E-state index in [1.807, 2.05) is 6.07 Å². The van der Waals surface area contributed by atoms with E-state index in [4.69, 9.17) is 15.5 Å². The number of hydrogen-bond acceptors (Lipinski definition) is 5. The topological polar surface area (TPSA) is 114 Å². The number of aliphatic hydroxyl groups excluding tert-OH is 2. The molecular weight excluding hydrogens is 262 g/mol. The van der Waals surface area contributed by atoms with Gasteiger partial charge in [0.1, 0.15) is 0 Å². The van der Waals surface area contributed by atoms with Gasteiger partial charge in [0.2, 0.25) is 0 Å². The van der Waals surface area contributed by atoms with Gasteiger partial charge in [-0.2, -0.15) is 5.26 Å². The van der Waals surface area contributed by atoms with E-state index in [-0.39, 0.29) is 26.3 Å². The average molecular weight is 277 g/mol. The second kappa shape index (κ2) is 7.89. The molecule has 0 fully saturated rings. The lowest BCUT2D eigenvalue weighted by molar-refractivity contribution is -0.143. The van der Waals surface area contributed by atoms with Crippen LogP contribution in [0, 0.1) is 11.3 Å². The van der Waals surface area contributed by atoms with Crippen LogP contribution in [-0.4, -0.2) is 53.2 Å². The average Bonchev–Trinajstić information content (AvgIpc) is 2.47. The summed E-state index contributed by atoms with van der Waals surface area (Å²) in [6.45, 7) is -0.647. The number of carbonyl (C=O) groups excluding carboxylic acids is 2. The third kappa shape index (κ3) is 4.35. The molecule has 0 radical (unpaired) electrons. The Labute approximate surface area is 116 Å². The number of amides is 2. The van der Waals surface area contributed by atoms with Crippen LogP contribution in [0.2, 0.25) is 0 Å². The molecule has 0 bridgehead atoms. The summed E-state index contributed by atoms with van der Waals surface area (Å²) in [4.78, 5) is 24.6. The maximum Gasteiger partial charge on any atom is 0.313 e. The van der Waals surface area contributed by atoms with Gasteiger partial charge in [0, 0.05) is 18.8 Å². The number of aliphatic hydroxyl groups is 2. The monoisotopic (exact) mass is 277 g/mol. The van der Waals surface area contributed by atoms with E-state index in [0.29, 0.717) is 11.3 Å². The van der Waals surface area contributed by atoms with Gasteiger partial charge in [-0.1, -0.05) is 0 Å². The quantitative estimate of drug-likeness (QED) is 0.616. The Hall–Kier alpha value is -2.43. The molecule has 0 aliphatic rings. The zero-order chi connectivity index (χ0) is 15.0. The molecule has 0 heterocycles. The Morgan fingerprint density at radius 1 is 1.15 bits per heavy atom. The first kappa shape index (κ1) is 15.6. The van der Waals surface area contributed by atoms with Crippen molar-refractivity contribution in [1.29, 1.82) is 5.26 Å². The Balaban J connectivity index is 2.68. The first-order chi connectivity index (χ1) is 9.62. The Bertz CT molecular complexity index is 501. The lowest BCUT2D eigenvalue weighted by Crippen LogP contribution is -2.42. The van der Waals surface area contributed by atoms with Crippen molar-refractivity contribution in [2.45, 2.75) is 0 Å². The van der Waals surface area contributed by atoms with Crippen molar-refractivity contribution in [2.75, 3.05) is 31.6 Å². The Morgan fingerprint density at radius 3 is 2.15 bits per heavy atom. The molecule has 0 saturated heterocycles. The molecule has 1 aromatic carbocycles. The molecule has 20 heavy (non-hydrogen) atoms. The maximum absolute atomic E-state index is 11.8. The van der Waals surface area contributed by atoms with Crippen molar-refractivity contribution in [1.82, 2.24) is 4.90 Å². The summed E-state index contributed by atoms with van der Waals surface area (Å²) in [7, 11) is 0. The Morgan fingerprint density at radius 2 is 1.70 bits per heavy atom. The summed E-state index contributed by atoms with van der Waals surface area (Å²) in [5.74, 6) is -1.70. The summed E-state index contributed by atoms with van der Waals surface area (Å²) >= 11 is 0. The fraction of sp³-hybridized carbons (Fsp3) is 0.308. The fourth-order valence-electron chi connectivity index (χ4n) is 1.51. The van der Waals surface area contributed by atoms with Crippen LogP contribution in [0.5, 0.6) is 0 Å². The molecule has 0 aliphatic carbocycles. The van der Waals surface area contributed by atoms with E-state index in [1.54, 1.807) is 0 Å². The van der Waals surface area contributed by atoms with E-state index in [1.165, 1.54) is 24.3 Å². The van der Waals surface area contributed by atoms with E-state index in [9.17, 15) is 9.59 Å². The zero-order valence-corrected chi connectivity index (χ0v) is 10.7. The second-order valence-corrected chi connectivity index (χ2v) is 3.88. The van der Waals surface area contributed by atoms with Crippen LogP contribution in [-0.2, 0) is 9.59 Å². The fourth-order valence-corrected chi connectivity index (χ4v) is 1.51.